The van der Waals surface area contributed by atoms with Crippen LogP contribution in [0.15, 0.2) is 39.7 Å². The molecule has 1 saturated heterocycles. The molecular weight excluding hydrogens is 428 g/mol. The van der Waals surface area contributed by atoms with Crippen molar-refractivity contribution in [1.29, 1.82) is 0 Å². The maximum atomic E-state index is 12.2. The van der Waals surface area contributed by atoms with Crippen molar-refractivity contribution in [3.05, 3.63) is 56.5 Å². The van der Waals surface area contributed by atoms with Gasteiger partial charge in [-0.15, -0.1) is 0 Å². The van der Waals surface area contributed by atoms with Gasteiger partial charge in [-0.05, 0) is 18.1 Å². The number of ether oxygens (including phenoxy) is 1. The Morgan fingerprint density at radius 2 is 2.18 bits per heavy atom. The first-order valence-corrected chi connectivity index (χ1v) is 9.89. The number of anilines is 1. The molecule has 0 spiro atoms. The summed E-state index contributed by atoms with van der Waals surface area (Å²) in [4.78, 5) is 28.2. The monoisotopic (exact) mass is 450 g/mol. The molecular formula is C19H23BrN4O4. The van der Waals surface area contributed by atoms with Gasteiger partial charge in [-0.25, -0.2) is 4.79 Å². The number of hydrogen-bond acceptors (Lipinski definition) is 6. The van der Waals surface area contributed by atoms with Gasteiger partial charge in [0, 0.05) is 29.2 Å². The Balaban J connectivity index is 1.61. The van der Waals surface area contributed by atoms with Crippen molar-refractivity contribution in [2.45, 2.75) is 44.6 Å². The number of aryl methyl sites for hydroxylation is 1. The van der Waals surface area contributed by atoms with Gasteiger partial charge in [-0.3, -0.25) is 9.36 Å². The molecule has 2 aromatic rings. The lowest BCUT2D eigenvalue weighted by atomic mass is 10.1. The lowest BCUT2D eigenvalue weighted by molar-refractivity contribution is -0.121. The maximum absolute atomic E-state index is 12.2. The fourth-order valence-electron chi connectivity index (χ4n) is 3.16. The van der Waals surface area contributed by atoms with E-state index < -0.39 is 24.1 Å². The standard InChI is InChI=1S/C19H23BrN4O4/c1-2-11-10-24(19(27)23-18(11)21)17-8-14(25)15(28-17)9-22-16(26)7-12-5-3-4-6-13(12)20/h3-6,10,14-15,17,25H,2,7-9H2,1H3,(H,22,26)(H2,21,23,27)/t14-,15+,17+/m0/s1. The van der Waals surface area contributed by atoms with Gasteiger partial charge in [0.25, 0.3) is 0 Å². The summed E-state index contributed by atoms with van der Waals surface area (Å²) in [5.74, 6) is 0.0314. The molecule has 3 atom stereocenters. The summed E-state index contributed by atoms with van der Waals surface area (Å²) in [5, 5.41) is 13.1. The van der Waals surface area contributed by atoms with Crippen LogP contribution in [0.3, 0.4) is 0 Å². The molecule has 150 valence electrons. The summed E-state index contributed by atoms with van der Waals surface area (Å²) in [5.41, 5.74) is 6.83. The first-order valence-electron chi connectivity index (χ1n) is 9.10. The Labute approximate surface area is 170 Å². The van der Waals surface area contributed by atoms with Crippen molar-refractivity contribution in [2.24, 2.45) is 0 Å². The molecule has 4 N–H and O–H groups in total. The molecule has 1 aromatic heterocycles. The van der Waals surface area contributed by atoms with Crippen molar-refractivity contribution in [1.82, 2.24) is 14.9 Å². The second kappa shape index (κ2) is 8.85. The Kier molecular flexibility index (Phi) is 6.48. The molecule has 3 rings (SSSR count). The van der Waals surface area contributed by atoms with E-state index in [9.17, 15) is 14.7 Å². The quantitative estimate of drug-likeness (QED) is 0.607. The fraction of sp³-hybridized carbons (Fsp3) is 0.421. The summed E-state index contributed by atoms with van der Waals surface area (Å²) in [6.45, 7) is 2.06. The minimum Gasteiger partial charge on any atom is -0.390 e. The molecule has 1 fully saturated rings. The van der Waals surface area contributed by atoms with Crippen LogP contribution in [-0.4, -0.2) is 39.3 Å². The van der Waals surface area contributed by atoms with E-state index in [1.807, 2.05) is 31.2 Å². The highest BCUT2D eigenvalue weighted by molar-refractivity contribution is 9.10. The van der Waals surface area contributed by atoms with Crippen LogP contribution in [0.4, 0.5) is 5.82 Å². The highest BCUT2D eigenvalue weighted by Crippen LogP contribution is 2.28. The zero-order valence-electron chi connectivity index (χ0n) is 15.5. The van der Waals surface area contributed by atoms with Gasteiger partial charge in [-0.2, -0.15) is 4.98 Å². The first kappa shape index (κ1) is 20.5. The molecule has 9 heteroatoms. The number of nitrogens with two attached hydrogens (primary N) is 1. The third-order valence-electron chi connectivity index (χ3n) is 4.77. The van der Waals surface area contributed by atoms with E-state index >= 15 is 0 Å². The maximum Gasteiger partial charge on any atom is 0.351 e. The van der Waals surface area contributed by atoms with E-state index in [1.165, 1.54) is 4.57 Å². The van der Waals surface area contributed by atoms with Gasteiger partial charge in [-0.1, -0.05) is 41.1 Å². The number of aromatic nitrogens is 2. The van der Waals surface area contributed by atoms with Crippen LogP contribution in [0.2, 0.25) is 0 Å². The van der Waals surface area contributed by atoms with E-state index in [0.717, 1.165) is 15.6 Å². The largest absolute Gasteiger partial charge is 0.390 e. The molecule has 0 radical (unpaired) electrons. The number of nitrogens with one attached hydrogen (secondary N) is 1. The van der Waals surface area contributed by atoms with Crippen LogP contribution in [-0.2, 0) is 22.4 Å². The van der Waals surface area contributed by atoms with Crippen LogP contribution >= 0.6 is 15.9 Å². The molecule has 1 aromatic carbocycles. The van der Waals surface area contributed by atoms with E-state index in [-0.39, 0.29) is 31.1 Å². The number of amides is 1. The van der Waals surface area contributed by atoms with Crippen molar-refractivity contribution >= 4 is 27.7 Å². The normalized spacial score (nSPS) is 21.6. The number of hydrogen-bond donors (Lipinski definition) is 3. The van der Waals surface area contributed by atoms with Gasteiger partial charge in [0.05, 0.1) is 12.5 Å². The van der Waals surface area contributed by atoms with Crippen molar-refractivity contribution in [3.8, 4) is 0 Å². The molecule has 0 saturated carbocycles. The van der Waals surface area contributed by atoms with E-state index in [4.69, 9.17) is 10.5 Å². The third-order valence-corrected chi connectivity index (χ3v) is 5.54. The number of halogens is 1. The van der Waals surface area contributed by atoms with Crippen LogP contribution in [0, 0.1) is 0 Å². The van der Waals surface area contributed by atoms with Crippen molar-refractivity contribution in [2.75, 3.05) is 12.3 Å². The minimum absolute atomic E-state index is 0.152. The Bertz CT molecular complexity index is 917. The molecule has 0 aliphatic carbocycles. The second-order valence-electron chi connectivity index (χ2n) is 6.70. The number of nitrogen functional groups attached to an aromatic ring is 1. The Morgan fingerprint density at radius 3 is 2.89 bits per heavy atom. The number of nitrogens with zero attached hydrogens (tertiary/aromatic N) is 2. The highest BCUT2D eigenvalue weighted by Gasteiger charge is 2.35. The van der Waals surface area contributed by atoms with Gasteiger partial charge < -0.3 is 20.9 Å². The highest BCUT2D eigenvalue weighted by atomic mass is 79.9. The van der Waals surface area contributed by atoms with Gasteiger partial charge in [0.15, 0.2) is 0 Å². The number of aliphatic hydroxyl groups is 1. The average molecular weight is 451 g/mol. The lowest BCUT2D eigenvalue weighted by Gasteiger charge is -2.17. The smallest absolute Gasteiger partial charge is 0.351 e. The predicted molar refractivity (Wildman–Crippen MR) is 108 cm³/mol. The summed E-state index contributed by atoms with van der Waals surface area (Å²) in [6.07, 6.45) is 0.643. The third kappa shape index (κ3) is 4.60. The summed E-state index contributed by atoms with van der Waals surface area (Å²) < 4.78 is 8.03. The summed E-state index contributed by atoms with van der Waals surface area (Å²) >= 11 is 3.42. The number of carbonyl (C=O) groups excluding carboxylic acids is 1. The predicted octanol–water partition coefficient (Wildman–Crippen LogP) is 1.16. The lowest BCUT2D eigenvalue weighted by Crippen LogP contribution is -2.38. The molecule has 0 unspecified atom stereocenters. The molecule has 8 nitrogen and oxygen atoms in total. The van der Waals surface area contributed by atoms with E-state index in [2.05, 4.69) is 26.2 Å². The van der Waals surface area contributed by atoms with E-state index in [0.29, 0.717) is 6.42 Å². The van der Waals surface area contributed by atoms with Crippen LogP contribution < -0.4 is 16.7 Å². The Hall–Kier alpha value is -2.23. The molecule has 1 aliphatic heterocycles. The van der Waals surface area contributed by atoms with Crippen LogP contribution in [0.5, 0.6) is 0 Å². The minimum atomic E-state index is -0.803. The first-order chi connectivity index (χ1) is 13.4. The van der Waals surface area contributed by atoms with E-state index in [1.54, 1.807) is 6.20 Å². The number of rotatable bonds is 6. The molecule has 0 bridgehead atoms. The van der Waals surface area contributed by atoms with Crippen LogP contribution in [0.25, 0.3) is 0 Å². The Morgan fingerprint density at radius 1 is 1.43 bits per heavy atom. The summed E-state index contributed by atoms with van der Waals surface area (Å²) in [7, 11) is 0. The number of carbonyl (C=O) groups is 1. The topological polar surface area (TPSA) is 119 Å². The number of benzene rings is 1. The zero-order valence-corrected chi connectivity index (χ0v) is 17.1. The molecule has 1 aliphatic rings. The van der Waals surface area contributed by atoms with Crippen molar-refractivity contribution in [3.63, 3.8) is 0 Å². The number of aliphatic hydroxyl groups excluding tert-OH is 1. The summed E-state index contributed by atoms with van der Waals surface area (Å²) in [6, 6.07) is 7.49. The van der Waals surface area contributed by atoms with Gasteiger partial charge >= 0.3 is 5.69 Å². The zero-order chi connectivity index (χ0) is 20.3. The second-order valence-corrected chi connectivity index (χ2v) is 7.55. The van der Waals surface area contributed by atoms with Gasteiger partial charge in [0.2, 0.25) is 5.91 Å². The van der Waals surface area contributed by atoms with Crippen LogP contribution in [0.1, 0.15) is 30.7 Å². The molecule has 2 heterocycles. The molecule has 28 heavy (non-hydrogen) atoms. The van der Waals surface area contributed by atoms with Crippen molar-refractivity contribution < 1.29 is 14.6 Å². The van der Waals surface area contributed by atoms with Gasteiger partial charge in [0.1, 0.15) is 18.1 Å². The average Bonchev–Trinajstić information content (AvgIpc) is 3.02. The SMILES string of the molecule is CCc1cn([C@H]2C[C@H](O)[C@@H](CNC(=O)Cc3ccccc3Br)O2)c(=O)nc1N. The molecule has 1 amide bonds. The fourth-order valence-corrected chi connectivity index (χ4v) is 3.59.